The van der Waals surface area contributed by atoms with Crippen molar-refractivity contribution >= 4 is 28.1 Å². The van der Waals surface area contributed by atoms with Crippen molar-refractivity contribution in [2.24, 2.45) is 0 Å². The lowest BCUT2D eigenvalue weighted by Gasteiger charge is -2.13. The molecule has 18 heavy (non-hydrogen) atoms. The van der Waals surface area contributed by atoms with Crippen molar-refractivity contribution in [3.63, 3.8) is 0 Å². The summed E-state index contributed by atoms with van der Waals surface area (Å²) in [6.45, 7) is 2.55. The molecule has 0 aromatic heterocycles. The molecule has 0 aliphatic heterocycles. The molecule has 0 amide bonds. The highest BCUT2D eigenvalue weighted by molar-refractivity contribution is 7.84. The molecule has 0 spiro atoms. The number of benzene rings is 1. The van der Waals surface area contributed by atoms with Crippen molar-refractivity contribution in [2.45, 2.75) is 6.92 Å². The third kappa shape index (κ3) is 4.03. The molecule has 0 saturated heterocycles. The Bertz CT molecular complexity index is 449. The maximum absolute atomic E-state index is 11.7. The van der Waals surface area contributed by atoms with Gasteiger partial charge in [0.1, 0.15) is 0 Å². The van der Waals surface area contributed by atoms with E-state index in [0.29, 0.717) is 35.8 Å². The van der Waals surface area contributed by atoms with Crippen molar-refractivity contribution in [3.05, 3.63) is 23.8 Å². The first-order valence-corrected chi connectivity index (χ1v) is 7.38. The van der Waals surface area contributed by atoms with Gasteiger partial charge in [0.2, 0.25) is 0 Å². The number of nitrogen functional groups attached to an aromatic ring is 1. The van der Waals surface area contributed by atoms with Crippen LogP contribution in [0.1, 0.15) is 17.3 Å². The molecule has 5 nitrogen and oxygen atoms in total. The van der Waals surface area contributed by atoms with E-state index in [1.54, 1.807) is 31.4 Å². The van der Waals surface area contributed by atoms with E-state index in [2.05, 4.69) is 5.32 Å². The number of ether oxygens (including phenoxy) is 1. The molecular formula is C12H18N2O3S. The molecule has 3 N–H and O–H groups in total. The maximum Gasteiger partial charge on any atom is 0.340 e. The zero-order valence-electron chi connectivity index (χ0n) is 10.6. The number of carbonyl (C=O) groups excluding carboxylic acids is 1. The molecule has 100 valence electrons. The Labute approximate surface area is 109 Å². The quantitative estimate of drug-likeness (QED) is 0.600. The topological polar surface area (TPSA) is 81.4 Å². The van der Waals surface area contributed by atoms with Gasteiger partial charge in [-0.3, -0.25) is 4.21 Å². The van der Waals surface area contributed by atoms with E-state index in [-0.39, 0.29) is 0 Å². The lowest BCUT2D eigenvalue weighted by Crippen LogP contribution is -2.15. The van der Waals surface area contributed by atoms with Crippen LogP contribution in [-0.4, -0.2) is 35.3 Å². The summed E-state index contributed by atoms with van der Waals surface area (Å²) in [5.41, 5.74) is 7.25. The summed E-state index contributed by atoms with van der Waals surface area (Å²) in [4.78, 5) is 11.7. The van der Waals surface area contributed by atoms with Gasteiger partial charge in [0.15, 0.2) is 0 Å². The fourth-order valence-corrected chi connectivity index (χ4v) is 1.86. The number of hydrogen-bond donors (Lipinski definition) is 2. The summed E-state index contributed by atoms with van der Waals surface area (Å²) in [6, 6.07) is 5.05. The van der Waals surface area contributed by atoms with E-state index in [4.69, 9.17) is 10.5 Å². The molecule has 1 aromatic rings. The van der Waals surface area contributed by atoms with E-state index in [9.17, 15) is 9.00 Å². The minimum absolute atomic E-state index is 0.312. The largest absolute Gasteiger partial charge is 0.462 e. The highest BCUT2D eigenvalue weighted by atomic mass is 32.2. The van der Waals surface area contributed by atoms with Crippen LogP contribution < -0.4 is 11.1 Å². The van der Waals surface area contributed by atoms with Crippen LogP contribution in [0.5, 0.6) is 0 Å². The second-order valence-electron chi connectivity index (χ2n) is 3.69. The monoisotopic (exact) mass is 270 g/mol. The molecule has 1 atom stereocenters. The first kappa shape index (κ1) is 14.5. The minimum atomic E-state index is -0.886. The summed E-state index contributed by atoms with van der Waals surface area (Å²) >= 11 is 0. The van der Waals surface area contributed by atoms with E-state index in [1.165, 1.54) is 0 Å². The van der Waals surface area contributed by atoms with Crippen LogP contribution in [0.4, 0.5) is 11.4 Å². The number of nitrogens with one attached hydrogen (secondary N) is 1. The van der Waals surface area contributed by atoms with Gasteiger partial charge in [0.25, 0.3) is 0 Å². The molecule has 0 aliphatic carbocycles. The SMILES string of the molecule is CCOC(=O)c1cccc(N)c1NCCS(C)=O. The molecular weight excluding hydrogens is 252 g/mol. The summed E-state index contributed by atoms with van der Waals surface area (Å²) in [5, 5.41) is 3.03. The Balaban J connectivity index is 2.86. The highest BCUT2D eigenvalue weighted by Gasteiger charge is 2.14. The van der Waals surface area contributed by atoms with Crippen molar-refractivity contribution in [3.8, 4) is 0 Å². The van der Waals surface area contributed by atoms with Crippen molar-refractivity contribution in [1.82, 2.24) is 0 Å². The number of hydrogen-bond acceptors (Lipinski definition) is 5. The molecule has 0 saturated carbocycles. The van der Waals surface area contributed by atoms with Gasteiger partial charge in [-0.1, -0.05) is 6.07 Å². The number of anilines is 2. The van der Waals surface area contributed by atoms with Gasteiger partial charge in [-0.15, -0.1) is 0 Å². The van der Waals surface area contributed by atoms with E-state index in [0.717, 1.165) is 0 Å². The minimum Gasteiger partial charge on any atom is -0.462 e. The van der Waals surface area contributed by atoms with Crippen LogP contribution in [-0.2, 0) is 15.5 Å². The average Bonchev–Trinajstić information content (AvgIpc) is 2.31. The smallest absolute Gasteiger partial charge is 0.340 e. The standard InChI is InChI=1S/C12H18N2O3S/c1-3-17-12(15)9-5-4-6-10(13)11(9)14-7-8-18(2)16/h4-6,14H,3,7-8,13H2,1-2H3. The Morgan fingerprint density at radius 1 is 1.50 bits per heavy atom. The normalized spacial score (nSPS) is 11.9. The van der Waals surface area contributed by atoms with Crippen molar-refractivity contribution in [1.29, 1.82) is 0 Å². The summed E-state index contributed by atoms with van der Waals surface area (Å²) in [7, 11) is -0.886. The number of esters is 1. The fourth-order valence-electron chi connectivity index (χ4n) is 1.47. The van der Waals surface area contributed by atoms with Gasteiger partial charge in [0, 0.05) is 29.4 Å². The molecule has 0 heterocycles. The molecule has 6 heteroatoms. The van der Waals surface area contributed by atoms with Crippen molar-refractivity contribution in [2.75, 3.05) is 36.2 Å². The van der Waals surface area contributed by atoms with Crippen LogP contribution in [0, 0.1) is 0 Å². The van der Waals surface area contributed by atoms with Gasteiger partial charge >= 0.3 is 5.97 Å². The summed E-state index contributed by atoms with van der Waals surface area (Å²) in [6.07, 6.45) is 1.63. The first-order chi connectivity index (χ1) is 8.56. The van der Waals surface area contributed by atoms with Crippen LogP contribution in [0.25, 0.3) is 0 Å². The molecule has 1 aromatic carbocycles. The second-order valence-corrected chi connectivity index (χ2v) is 5.25. The average molecular weight is 270 g/mol. The third-order valence-electron chi connectivity index (χ3n) is 2.28. The zero-order chi connectivity index (χ0) is 13.5. The fraction of sp³-hybridized carbons (Fsp3) is 0.417. The Kier molecular flexibility index (Phi) is 5.64. The molecule has 0 bridgehead atoms. The summed E-state index contributed by atoms with van der Waals surface area (Å²) in [5.74, 6) is 0.0845. The lowest BCUT2D eigenvalue weighted by atomic mass is 10.1. The summed E-state index contributed by atoms with van der Waals surface area (Å²) < 4.78 is 15.9. The van der Waals surface area contributed by atoms with Gasteiger partial charge < -0.3 is 15.8 Å². The molecule has 1 rings (SSSR count). The van der Waals surface area contributed by atoms with E-state index >= 15 is 0 Å². The van der Waals surface area contributed by atoms with Gasteiger partial charge in [0.05, 0.1) is 23.5 Å². The molecule has 0 aliphatic rings. The lowest BCUT2D eigenvalue weighted by molar-refractivity contribution is 0.0527. The van der Waals surface area contributed by atoms with Crippen LogP contribution >= 0.6 is 0 Å². The van der Waals surface area contributed by atoms with Gasteiger partial charge in [-0.05, 0) is 19.1 Å². The molecule has 0 radical (unpaired) electrons. The van der Waals surface area contributed by atoms with E-state index < -0.39 is 16.8 Å². The van der Waals surface area contributed by atoms with Gasteiger partial charge in [-0.25, -0.2) is 4.79 Å². The number of rotatable bonds is 6. The van der Waals surface area contributed by atoms with Crippen LogP contribution in [0.2, 0.25) is 0 Å². The predicted octanol–water partition coefficient (Wildman–Crippen LogP) is 1.24. The third-order valence-corrected chi connectivity index (χ3v) is 3.06. The predicted molar refractivity (Wildman–Crippen MR) is 74.2 cm³/mol. The van der Waals surface area contributed by atoms with Crippen LogP contribution in [0.15, 0.2) is 18.2 Å². The van der Waals surface area contributed by atoms with Crippen LogP contribution in [0.3, 0.4) is 0 Å². The number of para-hydroxylation sites is 1. The Hall–Kier alpha value is -1.56. The van der Waals surface area contributed by atoms with Gasteiger partial charge in [-0.2, -0.15) is 0 Å². The van der Waals surface area contributed by atoms with E-state index in [1.807, 2.05) is 0 Å². The molecule has 1 unspecified atom stereocenters. The Morgan fingerprint density at radius 2 is 2.22 bits per heavy atom. The zero-order valence-corrected chi connectivity index (χ0v) is 11.4. The van der Waals surface area contributed by atoms with Crippen molar-refractivity contribution < 1.29 is 13.7 Å². The maximum atomic E-state index is 11.7. The first-order valence-electron chi connectivity index (χ1n) is 5.65. The number of carbonyl (C=O) groups is 1. The molecule has 0 fully saturated rings. The Morgan fingerprint density at radius 3 is 2.83 bits per heavy atom. The second kappa shape index (κ2) is 7.00. The highest BCUT2D eigenvalue weighted by Crippen LogP contribution is 2.24. The number of nitrogens with two attached hydrogens (primary N) is 1.